The van der Waals surface area contributed by atoms with Crippen LogP contribution < -0.4 is 15.5 Å². The maximum atomic E-state index is 12.4. The largest absolute Gasteiger partial charge is 0.362 e. The van der Waals surface area contributed by atoms with Crippen molar-refractivity contribution in [3.05, 3.63) is 23.9 Å². The molecule has 0 aliphatic carbocycles. The second-order valence-electron chi connectivity index (χ2n) is 6.02. The number of aromatic nitrogens is 1. The molecule has 1 aromatic heterocycles. The third-order valence-electron chi connectivity index (χ3n) is 3.84. The average molecular weight is 319 g/mol. The second-order valence-corrected chi connectivity index (χ2v) is 6.02. The zero-order chi connectivity index (χ0) is 16.8. The Hall–Kier alpha value is -2.31. The number of piperidine rings is 1. The van der Waals surface area contributed by atoms with Crippen LogP contribution in [-0.2, 0) is 11.3 Å². The highest BCUT2D eigenvalue weighted by atomic mass is 16.2. The summed E-state index contributed by atoms with van der Waals surface area (Å²) in [6.07, 6.45) is 3.55. The van der Waals surface area contributed by atoms with Crippen molar-refractivity contribution >= 4 is 17.8 Å². The van der Waals surface area contributed by atoms with E-state index in [0.717, 1.165) is 30.8 Å². The van der Waals surface area contributed by atoms with Crippen LogP contribution in [0.4, 0.5) is 10.6 Å². The van der Waals surface area contributed by atoms with Crippen LogP contribution in [0.25, 0.3) is 0 Å². The number of carbonyl (C=O) groups is 2. The molecule has 1 aliphatic heterocycles. The van der Waals surface area contributed by atoms with Crippen molar-refractivity contribution in [2.24, 2.45) is 0 Å². The van der Waals surface area contributed by atoms with E-state index in [1.54, 1.807) is 11.1 Å². The van der Waals surface area contributed by atoms with E-state index in [4.69, 9.17) is 0 Å². The van der Waals surface area contributed by atoms with Crippen LogP contribution in [0, 0.1) is 0 Å². The van der Waals surface area contributed by atoms with Gasteiger partial charge in [0.1, 0.15) is 5.82 Å². The van der Waals surface area contributed by atoms with Crippen LogP contribution in [-0.4, -0.2) is 55.0 Å². The third-order valence-corrected chi connectivity index (χ3v) is 3.84. The van der Waals surface area contributed by atoms with Crippen molar-refractivity contribution < 1.29 is 9.59 Å². The molecule has 0 aromatic carbocycles. The quantitative estimate of drug-likeness (QED) is 0.866. The molecule has 0 spiro atoms. The minimum Gasteiger partial charge on any atom is -0.362 e. The zero-order valence-electron chi connectivity index (χ0n) is 14.0. The van der Waals surface area contributed by atoms with Crippen molar-refractivity contribution in [3.8, 4) is 0 Å². The van der Waals surface area contributed by atoms with E-state index in [1.165, 1.54) is 6.92 Å². The fourth-order valence-corrected chi connectivity index (χ4v) is 2.82. The molecule has 1 saturated heterocycles. The summed E-state index contributed by atoms with van der Waals surface area (Å²) in [5, 5.41) is 5.83. The summed E-state index contributed by atoms with van der Waals surface area (Å²) < 4.78 is 0. The summed E-state index contributed by atoms with van der Waals surface area (Å²) in [4.78, 5) is 31.5. The van der Waals surface area contributed by atoms with E-state index < -0.39 is 0 Å². The summed E-state index contributed by atoms with van der Waals surface area (Å²) >= 11 is 0. The van der Waals surface area contributed by atoms with Gasteiger partial charge in [-0.2, -0.15) is 0 Å². The number of urea groups is 1. The van der Waals surface area contributed by atoms with Gasteiger partial charge in [-0.3, -0.25) is 4.79 Å². The first-order valence-corrected chi connectivity index (χ1v) is 7.88. The lowest BCUT2D eigenvalue weighted by molar-refractivity contribution is -0.119. The fourth-order valence-electron chi connectivity index (χ4n) is 2.82. The van der Waals surface area contributed by atoms with Gasteiger partial charge in [-0.15, -0.1) is 0 Å². The number of rotatable bonds is 4. The molecule has 1 atom stereocenters. The van der Waals surface area contributed by atoms with Gasteiger partial charge in [0.25, 0.3) is 0 Å². The van der Waals surface area contributed by atoms with E-state index in [1.807, 2.05) is 31.1 Å². The average Bonchev–Trinajstić information content (AvgIpc) is 2.52. The molecule has 7 heteroatoms. The Morgan fingerprint density at radius 3 is 2.91 bits per heavy atom. The third kappa shape index (κ3) is 4.84. The van der Waals surface area contributed by atoms with Gasteiger partial charge in [0.2, 0.25) is 5.91 Å². The van der Waals surface area contributed by atoms with Crippen LogP contribution in [0.3, 0.4) is 0 Å². The summed E-state index contributed by atoms with van der Waals surface area (Å²) in [5.74, 6) is 0.797. The monoisotopic (exact) mass is 319 g/mol. The van der Waals surface area contributed by atoms with Gasteiger partial charge in [-0.1, -0.05) is 6.07 Å². The van der Waals surface area contributed by atoms with Crippen LogP contribution in [0.1, 0.15) is 25.3 Å². The second kappa shape index (κ2) is 7.80. The number of likely N-dealkylation sites (tertiary alicyclic amines) is 1. The number of carbonyl (C=O) groups excluding carboxylic acids is 2. The van der Waals surface area contributed by atoms with Gasteiger partial charge in [-0.05, 0) is 18.9 Å². The summed E-state index contributed by atoms with van der Waals surface area (Å²) in [6, 6.07) is 3.76. The number of anilines is 1. The Morgan fingerprint density at radius 2 is 2.22 bits per heavy atom. The molecular weight excluding hydrogens is 294 g/mol. The number of nitrogens with zero attached hydrogens (tertiary/aromatic N) is 3. The van der Waals surface area contributed by atoms with Gasteiger partial charge in [-0.25, -0.2) is 9.78 Å². The number of pyridine rings is 1. The van der Waals surface area contributed by atoms with Crippen molar-refractivity contribution in [3.63, 3.8) is 0 Å². The highest BCUT2D eigenvalue weighted by Gasteiger charge is 2.24. The molecule has 1 aliphatic rings. The Bertz CT molecular complexity index is 561. The van der Waals surface area contributed by atoms with Crippen molar-refractivity contribution in [2.45, 2.75) is 32.4 Å². The Kier molecular flexibility index (Phi) is 5.78. The lowest BCUT2D eigenvalue weighted by Gasteiger charge is -2.33. The minimum absolute atomic E-state index is 0.0442. The normalized spacial score (nSPS) is 17.5. The van der Waals surface area contributed by atoms with Crippen LogP contribution in [0.5, 0.6) is 0 Å². The lowest BCUT2D eigenvalue weighted by Crippen LogP contribution is -2.51. The Balaban J connectivity index is 1.91. The molecule has 1 unspecified atom stereocenters. The maximum absolute atomic E-state index is 12.4. The van der Waals surface area contributed by atoms with E-state index in [9.17, 15) is 9.59 Å². The predicted molar refractivity (Wildman–Crippen MR) is 89.2 cm³/mol. The first-order chi connectivity index (χ1) is 11.0. The summed E-state index contributed by atoms with van der Waals surface area (Å²) in [6.45, 7) is 3.21. The van der Waals surface area contributed by atoms with Crippen LogP contribution in [0.2, 0.25) is 0 Å². The maximum Gasteiger partial charge on any atom is 0.317 e. The topological polar surface area (TPSA) is 77.6 Å². The molecular formula is C16H25N5O2. The van der Waals surface area contributed by atoms with E-state index in [0.29, 0.717) is 13.1 Å². The molecule has 3 amide bonds. The predicted octanol–water partition coefficient (Wildman–Crippen LogP) is 0.958. The van der Waals surface area contributed by atoms with Gasteiger partial charge < -0.3 is 20.4 Å². The fraction of sp³-hybridized carbons (Fsp3) is 0.562. The van der Waals surface area contributed by atoms with Crippen LogP contribution >= 0.6 is 0 Å². The van der Waals surface area contributed by atoms with Crippen molar-refractivity contribution in [1.29, 1.82) is 0 Å². The first-order valence-electron chi connectivity index (χ1n) is 7.88. The van der Waals surface area contributed by atoms with Gasteiger partial charge in [0.15, 0.2) is 0 Å². The van der Waals surface area contributed by atoms with Gasteiger partial charge in [0, 0.05) is 58.5 Å². The highest BCUT2D eigenvalue weighted by Crippen LogP contribution is 2.15. The summed E-state index contributed by atoms with van der Waals surface area (Å²) in [7, 11) is 3.85. The Labute approximate surface area is 137 Å². The molecule has 2 rings (SSSR count). The molecule has 2 N–H and O–H groups in total. The molecule has 0 radical (unpaired) electrons. The molecule has 2 heterocycles. The zero-order valence-corrected chi connectivity index (χ0v) is 14.0. The van der Waals surface area contributed by atoms with E-state index >= 15 is 0 Å². The van der Waals surface area contributed by atoms with E-state index in [2.05, 4.69) is 15.6 Å². The minimum atomic E-state index is -0.103. The molecule has 7 nitrogen and oxygen atoms in total. The number of hydrogen-bond donors (Lipinski definition) is 2. The highest BCUT2D eigenvalue weighted by molar-refractivity contribution is 5.75. The molecule has 1 fully saturated rings. The van der Waals surface area contributed by atoms with Crippen LogP contribution in [0.15, 0.2) is 18.3 Å². The van der Waals surface area contributed by atoms with Crippen molar-refractivity contribution in [2.75, 3.05) is 32.1 Å². The first kappa shape index (κ1) is 17.1. The molecule has 0 bridgehead atoms. The number of amides is 3. The molecule has 0 saturated carbocycles. The number of hydrogen-bond acceptors (Lipinski definition) is 4. The molecule has 1 aromatic rings. The summed E-state index contributed by atoms with van der Waals surface area (Å²) in [5.41, 5.74) is 0.973. The lowest BCUT2D eigenvalue weighted by atomic mass is 10.1. The standard InChI is InChI=1S/C16H25N5O2/c1-12(22)19-14-7-5-9-21(11-14)16(23)18-10-13-6-4-8-17-15(13)20(2)3/h4,6,8,14H,5,7,9-11H2,1-3H3,(H,18,23)(H,19,22). The molecule has 126 valence electrons. The number of nitrogens with one attached hydrogen (secondary N) is 2. The van der Waals surface area contributed by atoms with Gasteiger partial charge in [0.05, 0.1) is 0 Å². The van der Waals surface area contributed by atoms with Gasteiger partial charge >= 0.3 is 6.03 Å². The molecule has 23 heavy (non-hydrogen) atoms. The Morgan fingerprint density at radius 1 is 1.43 bits per heavy atom. The smallest absolute Gasteiger partial charge is 0.317 e. The van der Waals surface area contributed by atoms with Crippen molar-refractivity contribution in [1.82, 2.24) is 20.5 Å². The SMILES string of the molecule is CC(=O)NC1CCCN(C(=O)NCc2cccnc2N(C)C)C1. The van der Waals surface area contributed by atoms with E-state index in [-0.39, 0.29) is 18.0 Å².